The zero-order valence-electron chi connectivity index (χ0n) is 12.4. The van der Waals surface area contributed by atoms with E-state index in [-0.39, 0.29) is 0 Å². The molecule has 0 aromatic heterocycles. The summed E-state index contributed by atoms with van der Waals surface area (Å²) >= 11 is 0. The molecule has 1 aliphatic heterocycles. The van der Waals surface area contributed by atoms with E-state index in [1.54, 1.807) is 0 Å². The number of hydrogen-bond donors (Lipinski definition) is 1. The maximum Gasteiger partial charge on any atom is 0.0594 e. The molecule has 1 saturated heterocycles. The number of nitrogens with one attached hydrogen (secondary N) is 1. The summed E-state index contributed by atoms with van der Waals surface area (Å²) in [6.45, 7) is 12.6. The van der Waals surface area contributed by atoms with Gasteiger partial charge in [0.2, 0.25) is 0 Å². The lowest BCUT2D eigenvalue weighted by Crippen LogP contribution is -2.40. The molecule has 1 aromatic rings. The van der Waals surface area contributed by atoms with Gasteiger partial charge in [-0.1, -0.05) is 23.8 Å². The zero-order chi connectivity index (χ0) is 13.7. The van der Waals surface area contributed by atoms with Crippen molar-refractivity contribution in [2.24, 2.45) is 0 Å². The molecule has 1 unspecified atom stereocenters. The molecule has 1 N–H and O–H groups in total. The molecule has 1 aliphatic rings. The van der Waals surface area contributed by atoms with Crippen LogP contribution in [0, 0.1) is 13.8 Å². The second kappa shape index (κ2) is 7.04. The lowest BCUT2D eigenvalue weighted by Gasteiger charge is -2.27. The van der Waals surface area contributed by atoms with E-state index in [9.17, 15) is 0 Å². The molecule has 106 valence electrons. The Morgan fingerprint density at radius 2 is 2.00 bits per heavy atom. The Kier molecular flexibility index (Phi) is 5.37. The van der Waals surface area contributed by atoms with Crippen molar-refractivity contribution >= 4 is 0 Å². The van der Waals surface area contributed by atoms with E-state index in [1.807, 2.05) is 0 Å². The highest BCUT2D eigenvalue weighted by molar-refractivity contribution is 5.32. The molecule has 3 heteroatoms. The first-order valence-electron chi connectivity index (χ1n) is 7.27. The van der Waals surface area contributed by atoms with E-state index >= 15 is 0 Å². The van der Waals surface area contributed by atoms with Crippen LogP contribution in [-0.2, 0) is 4.74 Å². The number of aryl methyl sites for hydroxylation is 2. The summed E-state index contributed by atoms with van der Waals surface area (Å²) < 4.78 is 5.36. The molecule has 0 amide bonds. The third-order valence-corrected chi connectivity index (χ3v) is 3.88. The average molecular weight is 262 g/mol. The highest BCUT2D eigenvalue weighted by Gasteiger charge is 2.11. The van der Waals surface area contributed by atoms with Gasteiger partial charge in [0.15, 0.2) is 0 Å². The predicted octanol–water partition coefficient (Wildman–Crippen LogP) is 2.29. The Balaban J connectivity index is 1.80. The Bertz CT molecular complexity index is 400. The van der Waals surface area contributed by atoms with E-state index < -0.39 is 0 Å². The smallest absolute Gasteiger partial charge is 0.0594 e. The molecule has 1 aromatic carbocycles. The number of rotatable bonds is 5. The Morgan fingerprint density at radius 1 is 1.26 bits per heavy atom. The molecular formula is C16H26N2O. The minimum atomic E-state index is 0.418. The second-order valence-electron chi connectivity index (χ2n) is 5.49. The predicted molar refractivity (Wildman–Crippen MR) is 79.6 cm³/mol. The topological polar surface area (TPSA) is 24.5 Å². The highest BCUT2D eigenvalue weighted by atomic mass is 16.5. The van der Waals surface area contributed by atoms with Crippen molar-refractivity contribution in [3.63, 3.8) is 0 Å². The fourth-order valence-corrected chi connectivity index (χ4v) is 2.60. The molecule has 0 bridgehead atoms. The summed E-state index contributed by atoms with van der Waals surface area (Å²) in [5, 5.41) is 3.63. The largest absolute Gasteiger partial charge is 0.379 e. The number of nitrogens with zero attached hydrogens (tertiary/aromatic N) is 1. The van der Waals surface area contributed by atoms with Gasteiger partial charge < -0.3 is 10.1 Å². The van der Waals surface area contributed by atoms with Gasteiger partial charge in [0, 0.05) is 32.2 Å². The summed E-state index contributed by atoms with van der Waals surface area (Å²) in [6, 6.07) is 7.10. The van der Waals surface area contributed by atoms with Crippen LogP contribution >= 0.6 is 0 Å². The van der Waals surface area contributed by atoms with Gasteiger partial charge in [-0.15, -0.1) is 0 Å². The van der Waals surface area contributed by atoms with Gasteiger partial charge in [-0.25, -0.2) is 0 Å². The summed E-state index contributed by atoms with van der Waals surface area (Å²) in [7, 11) is 0. The van der Waals surface area contributed by atoms with Crippen LogP contribution in [-0.4, -0.2) is 44.3 Å². The van der Waals surface area contributed by atoms with E-state index in [0.717, 1.165) is 39.4 Å². The normalized spacial score (nSPS) is 18.5. The molecule has 1 heterocycles. The molecule has 1 atom stereocenters. The van der Waals surface area contributed by atoms with Crippen LogP contribution in [0.15, 0.2) is 18.2 Å². The van der Waals surface area contributed by atoms with Gasteiger partial charge in [-0.2, -0.15) is 0 Å². The molecule has 3 nitrogen and oxygen atoms in total. The van der Waals surface area contributed by atoms with Crippen LogP contribution in [0.4, 0.5) is 0 Å². The highest BCUT2D eigenvalue weighted by Crippen LogP contribution is 2.18. The Hall–Kier alpha value is -0.900. The number of morpholine rings is 1. The minimum Gasteiger partial charge on any atom is -0.379 e. The maximum absolute atomic E-state index is 5.36. The quantitative estimate of drug-likeness (QED) is 0.881. The molecule has 2 rings (SSSR count). The Labute approximate surface area is 116 Å². The standard InChI is InChI=1S/C16H26N2O/c1-13-4-5-14(2)16(12-13)15(3)17-6-7-18-8-10-19-11-9-18/h4-5,12,15,17H,6-11H2,1-3H3. The molecule has 1 fully saturated rings. The van der Waals surface area contributed by atoms with E-state index in [4.69, 9.17) is 4.74 Å². The molecule has 19 heavy (non-hydrogen) atoms. The summed E-state index contributed by atoms with van der Waals surface area (Å²) in [6.07, 6.45) is 0. The van der Waals surface area contributed by atoms with Crippen molar-refractivity contribution in [2.45, 2.75) is 26.8 Å². The molecule has 0 radical (unpaired) electrons. The van der Waals surface area contributed by atoms with Crippen molar-refractivity contribution in [3.8, 4) is 0 Å². The van der Waals surface area contributed by atoms with Gasteiger partial charge in [0.25, 0.3) is 0 Å². The van der Waals surface area contributed by atoms with E-state index in [1.165, 1.54) is 16.7 Å². The van der Waals surface area contributed by atoms with Crippen LogP contribution < -0.4 is 5.32 Å². The number of benzene rings is 1. The fourth-order valence-electron chi connectivity index (χ4n) is 2.60. The third kappa shape index (κ3) is 4.30. The number of hydrogen-bond acceptors (Lipinski definition) is 3. The molecule has 0 spiro atoms. The maximum atomic E-state index is 5.36. The number of ether oxygens (including phenoxy) is 1. The van der Waals surface area contributed by atoms with Crippen LogP contribution in [0.5, 0.6) is 0 Å². The average Bonchev–Trinajstić information content (AvgIpc) is 2.42. The summed E-state index contributed by atoms with van der Waals surface area (Å²) in [4.78, 5) is 2.46. The van der Waals surface area contributed by atoms with Crippen LogP contribution in [0.1, 0.15) is 29.7 Å². The Morgan fingerprint density at radius 3 is 2.74 bits per heavy atom. The first-order valence-corrected chi connectivity index (χ1v) is 7.27. The van der Waals surface area contributed by atoms with Crippen molar-refractivity contribution in [1.82, 2.24) is 10.2 Å². The van der Waals surface area contributed by atoms with Crippen LogP contribution in [0.25, 0.3) is 0 Å². The van der Waals surface area contributed by atoms with Gasteiger partial charge >= 0.3 is 0 Å². The monoisotopic (exact) mass is 262 g/mol. The van der Waals surface area contributed by atoms with Gasteiger partial charge in [0.05, 0.1) is 13.2 Å². The molecular weight excluding hydrogens is 236 g/mol. The first-order chi connectivity index (χ1) is 9.16. The van der Waals surface area contributed by atoms with Crippen molar-refractivity contribution < 1.29 is 4.74 Å². The lowest BCUT2D eigenvalue weighted by atomic mass is 10.00. The molecule has 0 aliphatic carbocycles. The van der Waals surface area contributed by atoms with Crippen molar-refractivity contribution in [1.29, 1.82) is 0 Å². The van der Waals surface area contributed by atoms with Gasteiger partial charge in [0.1, 0.15) is 0 Å². The molecule has 0 saturated carbocycles. The van der Waals surface area contributed by atoms with Gasteiger partial charge in [-0.3, -0.25) is 4.90 Å². The van der Waals surface area contributed by atoms with Crippen LogP contribution in [0.2, 0.25) is 0 Å². The van der Waals surface area contributed by atoms with E-state index in [0.29, 0.717) is 6.04 Å². The SMILES string of the molecule is Cc1ccc(C)c(C(C)NCCN2CCOCC2)c1. The van der Waals surface area contributed by atoms with E-state index in [2.05, 4.69) is 49.2 Å². The summed E-state index contributed by atoms with van der Waals surface area (Å²) in [5.41, 5.74) is 4.13. The van der Waals surface area contributed by atoms with Crippen molar-refractivity contribution in [3.05, 3.63) is 34.9 Å². The zero-order valence-corrected chi connectivity index (χ0v) is 12.4. The fraction of sp³-hybridized carbons (Fsp3) is 0.625. The minimum absolute atomic E-state index is 0.418. The lowest BCUT2D eigenvalue weighted by molar-refractivity contribution is 0.0382. The first kappa shape index (κ1) is 14.5. The van der Waals surface area contributed by atoms with Crippen LogP contribution in [0.3, 0.4) is 0 Å². The van der Waals surface area contributed by atoms with Crippen molar-refractivity contribution in [2.75, 3.05) is 39.4 Å². The second-order valence-corrected chi connectivity index (χ2v) is 5.49. The summed E-state index contributed by atoms with van der Waals surface area (Å²) in [5.74, 6) is 0. The third-order valence-electron chi connectivity index (χ3n) is 3.88. The van der Waals surface area contributed by atoms with Gasteiger partial charge in [-0.05, 0) is 31.9 Å².